The van der Waals surface area contributed by atoms with E-state index in [0.29, 0.717) is 10.6 Å². The van der Waals surface area contributed by atoms with Crippen LogP contribution in [0, 0.1) is 0 Å². The zero-order chi connectivity index (χ0) is 16.2. The largest absolute Gasteiger partial charge is 0.506 e. The first-order chi connectivity index (χ1) is 11.1. The van der Waals surface area contributed by atoms with Gasteiger partial charge < -0.3 is 15.2 Å². The zero-order valence-corrected chi connectivity index (χ0v) is 13.3. The maximum Gasteiger partial charge on any atom is 0.255 e. The maximum absolute atomic E-state index is 12.2. The summed E-state index contributed by atoms with van der Waals surface area (Å²) in [5.74, 6) is 0.443. The van der Waals surface area contributed by atoms with Crippen LogP contribution in [0.4, 0.5) is 5.69 Å². The number of aromatic hydroxyl groups is 1. The first kappa shape index (κ1) is 15.7. The normalized spacial score (nSPS) is 14.7. The second-order valence-electron chi connectivity index (χ2n) is 5.66. The van der Waals surface area contributed by atoms with Gasteiger partial charge in [-0.2, -0.15) is 0 Å². The van der Waals surface area contributed by atoms with Crippen molar-refractivity contribution in [2.45, 2.75) is 31.8 Å². The van der Waals surface area contributed by atoms with E-state index in [1.807, 2.05) is 0 Å². The van der Waals surface area contributed by atoms with Gasteiger partial charge in [0.05, 0.1) is 11.8 Å². The summed E-state index contributed by atoms with van der Waals surface area (Å²) in [6.07, 6.45) is 4.91. The number of halogens is 1. The Hall–Kier alpha value is -2.20. The molecule has 0 unspecified atom stereocenters. The Morgan fingerprint density at radius 3 is 2.52 bits per heavy atom. The summed E-state index contributed by atoms with van der Waals surface area (Å²) in [7, 11) is 0. The lowest BCUT2D eigenvalue weighted by atomic mass is 10.2. The van der Waals surface area contributed by atoms with Crippen molar-refractivity contribution in [1.29, 1.82) is 0 Å². The molecule has 0 heterocycles. The minimum absolute atomic E-state index is 0.0241. The van der Waals surface area contributed by atoms with E-state index in [1.54, 1.807) is 30.3 Å². The summed E-state index contributed by atoms with van der Waals surface area (Å²) in [6.45, 7) is 0. The van der Waals surface area contributed by atoms with E-state index >= 15 is 0 Å². The first-order valence-corrected chi connectivity index (χ1v) is 8.06. The highest BCUT2D eigenvalue weighted by molar-refractivity contribution is 6.31. The molecule has 1 fully saturated rings. The molecule has 5 heteroatoms. The second kappa shape index (κ2) is 6.92. The van der Waals surface area contributed by atoms with Crippen molar-refractivity contribution in [2.75, 3.05) is 5.32 Å². The number of benzene rings is 2. The molecule has 3 rings (SSSR count). The summed E-state index contributed by atoms with van der Waals surface area (Å²) < 4.78 is 5.87. The Balaban J connectivity index is 1.66. The number of amides is 1. The maximum atomic E-state index is 12.2. The number of nitrogens with one attached hydrogen (secondary N) is 1. The molecule has 1 amide bonds. The van der Waals surface area contributed by atoms with Crippen molar-refractivity contribution < 1.29 is 14.6 Å². The Labute approximate surface area is 140 Å². The van der Waals surface area contributed by atoms with E-state index in [1.165, 1.54) is 25.0 Å². The fourth-order valence-electron chi connectivity index (χ4n) is 2.69. The van der Waals surface area contributed by atoms with E-state index in [2.05, 4.69) is 5.32 Å². The van der Waals surface area contributed by atoms with Crippen molar-refractivity contribution >= 4 is 23.2 Å². The Bertz CT molecular complexity index is 694. The Kier molecular flexibility index (Phi) is 4.72. The number of hydrogen-bond donors (Lipinski definition) is 2. The number of ether oxygens (including phenoxy) is 1. The summed E-state index contributed by atoms with van der Waals surface area (Å²) in [5.41, 5.74) is 0.775. The van der Waals surface area contributed by atoms with Crippen molar-refractivity contribution in [3.05, 3.63) is 53.1 Å². The van der Waals surface area contributed by atoms with Crippen molar-refractivity contribution in [1.82, 2.24) is 0 Å². The molecule has 0 atom stereocenters. The molecule has 1 saturated carbocycles. The van der Waals surface area contributed by atoms with Gasteiger partial charge in [-0.3, -0.25) is 4.79 Å². The molecule has 1 aliphatic rings. The predicted molar refractivity (Wildman–Crippen MR) is 90.4 cm³/mol. The van der Waals surface area contributed by atoms with Crippen LogP contribution < -0.4 is 10.1 Å². The molecule has 0 radical (unpaired) electrons. The standard InChI is InChI=1S/C18H18ClNO3/c19-13-7-10-17(21)16(11-13)20-18(22)12-5-8-15(9-6-12)23-14-3-1-2-4-14/h5-11,14,21H,1-4H2,(H,20,22). The van der Waals surface area contributed by atoms with E-state index in [9.17, 15) is 9.90 Å². The van der Waals surface area contributed by atoms with Gasteiger partial charge in [0.25, 0.3) is 5.91 Å². The first-order valence-electron chi connectivity index (χ1n) is 7.68. The number of anilines is 1. The van der Waals surface area contributed by atoms with Gasteiger partial charge in [-0.25, -0.2) is 0 Å². The SMILES string of the molecule is O=C(Nc1cc(Cl)ccc1O)c1ccc(OC2CCCC2)cc1. The number of hydrogen-bond acceptors (Lipinski definition) is 3. The third kappa shape index (κ3) is 3.96. The number of carbonyl (C=O) groups excluding carboxylic acids is 1. The molecule has 0 saturated heterocycles. The van der Waals surface area contributed by atoms with Crippen LogP contribution in [-0.2, 0) is 0 Å². The van der Waals surface area contributed by atoms with Gasteiger partial charge in [0.2, 0.25) is 0 Å². The molecule has 0 aromatic heterocycles. The lowest BCUT2D eigenvalue weighted by molar-refractivity contribution is 0.102. The molecule has 2 aromatic rings. The molecule has 2 aromatic carbocycles. The topological polar surface area (TPSA) is 58.6 Å². The summed E-state index contributed by atoms with van der Waals surface area (Å²) in [5, 5.41) is 12.8. The van der Waals surface area contributed by atoms with Crippen LogP contribution in [-0.4, -0.2) is 17.1 Å². The van der Waals surface area contributed by atoms with Gasteiger partial charge in [0.1, 0.15) is 11.5 Å². The number of rotatable bonds is 4. The smallest absolute Gasteiger partial charge is 0.255 e. The molecular formula is C18H18ClNO3. The van der Waals surface area contributed by atoms with Gasteiger partial charge in [-0.1, -0.05) is 11.6 Å². The van der Waals surface area contributed by atoms with Crippen molar-refractivity contribution in [3.8, 4) is 11.5 Å². The second-order valence-corrected chi connectivity index (χ2v) is 6.10. The van der Waals surface area contributed by atoms with Gasteiger partial charge in [-0.15, -0.1) is 0 Å². The highest BCUT2D eigenvalue weighted by atomic mass is 35.5. The molecule has 0 spiro atoms. The molecule has 0 bridgehead atoms. The molecular weight excluding hydrogens is 314 g/mol. The van der Waals surface area contributed by atoms with E-state index < -0.39 is 0 Å². The Morgan fingerprint density at radius 1 is 1.13 bits per heavy atom. The van der Waals surface area contributed by atoms with Crippen LogP contribution in [0.15, 0.2) is 42.5 Å². The van der Waals surface area contributed by atoms with E-state index in [-0.39, 0.29) is 23.4 Å². The van der Waals surface area contributed by atoms with Crippen molar-refractivity contribution in [2.24, 2.45) is 0 Å². The van der Waals surface area contributed by atoms with Gasteiger partial charge in [-0.05, 0) is 68.1 Å². The third-order valence-corrected chi connectivity index (χ3v) is 4.16. The van der Waals surface area contributed by atoms with Crippen LogP contribution in [0.1, 0.15) is 36.0 Å². The highest BCUT2D eigenvalue weighted by Gasteiger charge is 2.16. The molecule has 0 aliphatic heterocycles. The van der Waals surface area contributed by atoms with E-state index in [0.717, 1.165) is 18.6 Å². The van der Waals surface area contributed by atoms with Crippen LogP contribution in [0.3, 0.4) is 0 Å². The lowest BCUT2D eigenvalue weighted by Gasteiger charge is -2.13. The van der Waals surface area contributed by atoms with Gasteiger partial charge in [0.15, 0.2) is 0 Å². The lowest BCUT2D eigenvalue weighted by Crippen LogP contribution is -2.13. The molecule has 23 heavy (non-hydrogen) atoms. The van der Waals surface area contributed by atoms with Gasteiger partial charge in [0, 0.05) is 10.6 Å². The predicted octanol–water partition coefficient (Wildman–Crippen LogP) is 4.62. The molecule has 120 valence electrons. The quantitative estimate of drug-likeness (QED) is 0.804. The van der Waals surface area contributed by atoms with Crippen LogP contribution in [0.5, 0.6) is 11.5 Å². The molecule has 2 N–H and O–H groups in total. The molecule has 1 aliphatic carbocycles. The third-order valence-electron chi connectivity index (χ3n) is 3.93. The number of phenols is 1. The van der Waals surface area contributed by atoms with E-state index in [4.69, 9.17) is 16.3 Å². The average molecular weight is 332 g/mol. The highest BCUT2D eigenvalue weighted by Crippen LogP contribution is 2.27. The number of carbonyl (C=O) groups is 1. The van der Waals surface area contributed by atoms with Crippen LogP contribution in [0.25, 0.3) is 0 Å². The van der Waals surface area contributed by atoms with Gasteiger partial charge >= 0.3 is 0 Å². The number of phenolic OH excluding ortho intramolecular Hbond substituents is 1. The minimum Gasteiger partial charge on any atom is -0.506 e. The summed E-state index contributed by atoms with van der Waals surface area (Å²) >= 11 is 5.87. The average Bonchev–Trinajstić information content (AvgIpc) is 3.04. The minimum atomic E-state index is -0.310. The van der Waals surface area contributed by atoms with Crippen LogP contribution >= 0.6 is 11.6 Å². The summed E-state index contributed by atoms with van der Waals surface area (Å²) in [6, 6.07) is 11.5. The molecule has 4 nitrogen and oxygen atoms in total. The monoisotopic (exact) mass is 331 g/mol. The fourth-order valence-corrected chi connectivity index (χ4v) is 2.86. The fraction of sp³-hybridized carbons (Fsp3) is 0.278. The van der Waals surface area contributed by atoms with Crippen molar-refractivity contribution in [3.63, 3.8) is 0 Å². The zero-order valence-electron chi connectivity index (χ0n) is 12.6. The van der Waals surface area contributed by atoms with Crippen LogP contribution in [0.2, 0.25) is 5.02 Å². The Morgan fingerprint density at radius 2 is 1.83 bits per heavy atom. The summed E-state index contributed by atoms with van der Waals surface area (Å²) in [4.78, 5) is 12.2.